The molecule has 2 aromatic carbocycles. The Balaban J connectivity index is 2.14. The molecule has 2 aromatic rings. The van der Waals surface area contributed by atoms with E-state index in [-0.39, 0.29) is 17.7 Å². The highest BCUT2D eigenvalue weighted by Crippen LogP contribution is 2.21. The molecular formula is C17H15N2O6-. The average Bonchev–Trinajstić information content (AvgIpc) is 2.60. The van der Waals surface area contributed by atoms with Crippen LogP contribution in [-0.2, 0) is 16.0 Å². The van der Waals surface area contributed by atoms with E-state index in [0.29, 0.717) is 5.56 Å². The van der Waals surface area contributed by atoms with Crippen LogP contribution in [0, 0.1) is 10.1 Å². The average molecular weight is 343 g/mol. The second-order valence-corrected chi connectivity index (χ2v) is 5.32. The van der Waals surface area contributed by atoms with Gasteiger partial charge in [0.2, 0.25) is 5.91 Å². The molecule has 0 aliphatic rings. The number of benzene rings is 2. The number of hydrogen-bond donors (Lipinski definition) is 2. The Kier molecular flexibility index (Phi) is 5.80. The molecule has 8 nitrogen and oxygen atoms in total. The van der Waals surface area contributed by atoms with Gasteiger partial charge in [-0.25, -0.2) is 0 Å². The summed E-state index contributed by atoms with van der Waals surface area (Å²) in [5, 5.41) is 34.5. The topological polar surface area (TPSA) is 133 Å². The molecular weight excluding hydrogens is 328 g/mol. The highest BCUT2D eigenvalue weighted by molar-refractivity contribution is 5.84. The van der Waals surface area contributed by atoms with Crippen molar-refractivity contribution in [2.75, 3.05) is 0 Å². The maximum atomic E-state index is 12.0. The molecule has 0 radical (unpaired) electrons. The van der Waals surface area contributed by atoms with Gasteiger partial charge in [0.25, 0.3) is 5.69 Å². The van der Waals surface area contributed by atoms with Gasteiger partial charge in [0.05, 0.1) is 23.4 Å². The van der Waals surface area contributed by atoms with Crippen molar-refractivity contribution < 1.29 is 24.7 Å². The second kappa shape index (κ2) is 8.02. The van der Waals surface area contributed by atoms with Gasteiger partial charge < -0.3 is 20.3 Å². The third-order valence-corrected chi connectivity index (χ3v) is 3.52. The number of nitrogens with one attached hydrogen (secondary N) is 1. The zero-order valence-electron chi connectivity index (χ0n) is 13.0. The lowest BCUT2D eigenvalue weighted by Gasteiger charge is -2.25. The third-order valence-electron chi connectivity index (χ3n) is 3.52. The smallest absolute Gasteiger partial charge is 0.269 e. The minimum Gasteiger partial charge on any atom is -0.548 e. The molecule has 2 N–H and O–H groups in total. The summed E-state index contributed by atoms with van der Waals surface area (Å²) in [6.45, 7) is 0. The van der Waals surface area contributed by atoms with Gasteiger partial charge in [-0.15, -0.1) is 0 Å². The molecule has 2 atom stereocenters. The normalized spacial score (nSPS) is 12.8. The third kappa shape index (κ3) is 4.85. The van der Waals surface area contributed by atoms with E-state index in [1.54, 1.807) is 30.3 Å². The number of carbonyl (C=O) groups excluding carboxylic acids is 2. The Morgan fingerprint density at radius 1 is 1.12 bits per heavy atom. The highest BCUT2D eigenvalue weighted by Gasteiger charge is 2.25. The molecule has 8 heteroatoms. The highest BCUT2D eigenvalue weighted by atomic mass is 16.6. The molecule has 0 unspecified atom stereocenters. The summed E-state index contributed by atoms with van der Waals surface area (Å²) in [4.78, 5) is 33.4. The first-order valence-corrected chi connectivity index (χ1v) is 7.35. The Morgan fingerprint density at radius 3 is 2.40 bits per heavy atom. The van der Waals surface area contributed by atoms with E-state index in [9.17, 15) is 29.9 Å². The van der Waals surface area contributed by atoms with Crippen molar-refractivity contribution in [2.24, 2.45) is 0 Å². The Bertz CT molecular complexity index is 778. The van der Waals surface area contributed by atoms with E-state index in [0.717, 1.165) is 6.07 Å². The summed E-state index contributed by atoms with van der Waals surface area (Å²) >= 11 is 0. The number of nitro groups is 1. The molecule has 0 spiro atoms. The number of non-ortho nitro benzene ring substituents is 1. The zero-order valence-corrected chi connectivity index (χ0v) is 13.0. The molecule has 0 saturated carbocycles. The monoisotopic (exact) mass is 343 g/mol. The predicted octanol–water partition coefficient (Wildman–Crippen LogP) is 0.106. The molecule has 130 valence electrons. The van der Waals surface area contributed by atoms with Gasteiger partial charge in [-0.05, 0) is 11.1 Å². The Hall–Kier alpha value is -3.26. The van der Waals surface area contributed by atoms with Crippen LogP contribution in [0.15, 0.2) is 54.6 Å². The van der Waals surface area contributed by atoms with Crippen molar-refractivity contribution in [3.8, 4) is 0 Å². The molecule has 2 rings (SSSR count). The van der Waals surface area contributed by atoms with Crippen LogP contribution in [-0.4, -0.2) is 27.9 Å². The van der Waals surface area contributed by atoms with E-state index < -0.39 is 28.9 Å². The molecule has 0 aliphatic heterocycles. The molecule has 0 bridgehead atoms. The van der Waals surface area contributed by atoms with Crippen LogP contribution in [0.4, 0.5) is 5.69 Å². The van der Waals surface area contributed by atoms with Crippen LogP contribution >= 0.6 is 0 Å². The van der Waals surface area contributed by atoms with Gasteiger partial charge in [0.15, 0.2) is 0 Å². The summed E-state index contributed by atoms with van der Waals surface area (Å²) in [5.74, 6) is -2.31. The maximum Gasteiger partial charge on any atom is 0.269 e. The maximum absolute atomic E-state index is 12.0. The fourth-order valence-corrected chi connectivity index (χ4v) is 2.29. The number of aliphatic carboxylic acids is 1. The van der Waals surface area contributed by atoms with Crippen molar-refractivity contribution in [3.05, 3.63) is 75.8 Å². The molecule has 0 aliphatic carbocycles. The number of nitrogens with zero attached hydrogens (tertiary/aromatic N) is 1. The zero-order chi connectivity index (χ0) is 18.4. The number of rotatable bonds is 7. The first-order valence-electron chi connectivity index (χ1n) is 7.35. The standard InChI is InChI=1S/C17H16N2O6/c20-14(9-11-5-2-1-3-6-11)18-15(17(22)23)16(21)12-7-4-8-13(10-12)19(24)25/h1-8,10,15-16,21H,9H2,(H,18,20)(H,22,23)/p-1/t15-,16+/m0/s1. The molecule has 0 heterocycles. The summed E-state index contributed by atoms with van der Waals surface area (Å²) in [7, 11) is 0. The summed E-state index contributed by atoms with van der Waals surface area (Å²) in [5.41, 5.74) is 0.356. The van der Waals surface area contributed by atoms with Crippen molar-refractivity contribution in [3.63, 3.8) is 0 Å². The van der Waals surface area contributed by atoms with Crippen LogP contribution in [0.5, 0.6) is 0 Å². The van der Waals surface area contributed by atoms with E-state index in [1.165, 1.54) is 18.2 Å². The minimum absolute atomic E-state index is 0.0107. The number of aliphatic hydroxyl groups excluding tert-OH is 1. The van der Waals surface area contributed by atoms with Crippen LogP contribution in [0.1, 0.15) is 17.2 Å². The first-order chi connectivity index (χ1) is 11.9. The first kappa shape index (κ1) is 18.1. The lowest BCUT2D eigenvalue weighted by atomic mass is 10.0. The van der Waals surface area contributed by atoms with Crippen molar-refractivity contribution >= 4 is 17.6 Å². The van der Waals surface area contributed by atoms with Crippen LogP contribution in [0.2, 0.25) is 0 Å². The van der Waals surface area contributed by atoms with Gasteiger partial charge in [-0.1, -0.05) is 42.5 Å². The van der Waals surface area contributed by atoms with Crippen LogP contribution < -0.4 is 10.4 Å². The largest absolute Gasteiger partial charge is 0.548 e. The van der Waals surface area contributed by atoms with Gasteiger partial charge in [-0.2, -0.15) is 0 Å². The van der Waals surface area contributed by atoms with Crippen molar-refractivity contribution in [2.45, 2.75) is 18.6 Å². The molecule has 0 saturated heterocycles. The number of carbonyl (C=O) groups is 2. The summed E-state index contributed by atoms with van der Waals surface area (Å²) in [6, 6.07) is 11.8. The van der Waals surface area contributed by atoms with Crippen molar-refractivity contribution in [1.82, 2.24) is 5.32 Å². The molecule has 1 amide bonds. The second-order valence-electron chi connectivity index (χ2n) is 5.32. The predicted molar refractivity (Wildman–Crippen MR) is 85.1 cm³/mol. The fraction of sp³-hybridized carbons (Fsp3) is 0.176. The SMILES string of the molecule is O=C(Cc1ccccc1)N[C@H](C(=O)[O-])[C@H](O)c1cccc([N+](=O)[O-])c1. The number of nitro benzene ring substituents is 1. The summed E-state index contributed by atoms with van der Waals surface area (Å²) < 4.78 is 0. The number of carboxylic acid groups (broad SMARTS) is 1. The quantitative estimate of drug-likeness (QED) is 0.541. The van der Waals surface area contributed by atoms with E-state index in [4.69, 9.17) is 0 Å². The number of hydrogen-bond acceptors (Lipinski definition) is 6. The molecule has 0 fully saturated rings. The number of amides is 1. The Morgan fingerprint density at radius 2 is 1.80 bits per heavy atom. The van der Waals surface area contributed by atoms with Crippen LogP contribution in [0.25, 0.3) is 0 Å². The fourth-order valence-electron chi connectivity index (χ4n) is 2.29. The lowest BCUT2D eigenvalue weighted by Crippen LogP contribution is -2.51. The van der Waals surface area contributed by atoms with E-state index in [1.807, 2.05) is 0 Å². The lowest BCUT2D eigenvalue weighted by molar-refractivity contribution is -0.385. The van der Waals surface area contributed by atoms with Gasteiger partial charge in [0.1, 0.15) is 6.10 Å². The minimum atomic E-state index is -1.74. The number of carboxylic acids is 1. The summed E-state index contributed by atoms with van der Waals surface area (Å²) in [6.07, 6.45) is -1.77. The van der Waals surface area contributed by atoms with E-state index >= 15 is 0 Å². The van der Waals surface area contributed by atoms with Gasteiger partial charge in [-0.3, -0.25) is 14.9 Å². The van der Waals surface area contributed by atoms with Crippen molar-refractivity contribution in [1.29, 1.82) is 0 Å². The van der Waals surface area contributed by atoms with Crippen LogP contribution in [0.3, 0.4) is 0 Å². The molecule has 25 heavy (non-hydrogen) atoms. The Labute approximate surface area is 142 Å². The number of aliphatic hydroxyl groups is 1. The van der Waals surface area contributed by atoms with E-state index in [2.05, 4.69) is 5.32 Å². The van der Waals surface area contributed by atoms with Gasteiger partial charge in [0, 0.05) is 12.1 Å². The molecule has 0 aromatic heterocycles. The van der Waals surface area contributed by atoms with Gasteiger partial charge >= 0.3 is 0 Å².